The summed E-state index contributed by atoms with van der Waals surface area (Å²) in [5.74, 6) is 1.06. The Morgan fingerprint density at radius 2 is 1.62 bits per heavy atom. The number of fused-ring (bicyclic) bond motifs is 2. The lowest BCUT2D eigenvalue weighted by Gasteiger charge is -2.43. The van der Waals surface area contributed by atoms with E-state index in [9.17, 15) is 14.7 Å². The van der Waals surface area contributed by atoms with Gasteiger partial charge in [0.05, 0.1) is 6.10 Å². The number of piperidine rings is 2. The molecule has 0 aliphatic carbocycles. The minimum atomic E-state index is -0.634. The van der Waals surface area contributed by atoms with E-state index in [1.165, 1.54) is 22.3 Å². The van der Waals surface area contributed by atoms with Gasteiger partial charge in [-0.15, -0.1) is 0 Å². The lowest BCUT2D eigenvalue weighted by Crippen LogP contribution is -2.56. The number of β-amino-alcohol motifs (C(OH)–C–C–N with tert-alkyl or cyclic N) is 1. The molecule has 7 rings (SSSR count). The monoisotopic (exact) mass is 610 g/mol. The highest BCUT2D eigenvalue weighted by Crippen LogP contribution is 2.28. The number of hydrogen-bond acceptors (Lipinski definition) is 9. The number of nitrogens with zero attached hydrogens (tertiary/aromatic N) is 7. The molecule has 0 unspecified atom stereocenters. The van der Waals surface area contributed by atoms with Crippen molar-refractivity contribution in [2.24, 2.45) is 0 Å². The molecule has 2 saturated heterocycles. The van der Waals surface area contributed by atoms with Crippen molar-refractivity contribution in [3.8, 4) is 0 Å². The van der Waals surface area contributed by atoms with Gasteiger partial charge in [0, 0.05) is 89.8 Å². The average Bonchev–Trinajstić information content (AvgIpc) is 3.07. The Bertz CT molecular complexity index is 1560. The van der Waals surface area contributed by atoms with Gasteiger partial charge in [-0.2, -0.15) is 4.98 Å². The molecule has 45 heavy (non-hydrogen) atoms. The lowest BCUT2D eigenvalue weighted by molar-refractivity contribution is -0.129. The number of amides is 2. The van der Waals surface area contributed by atoms with Crippen LogP contribution < -0.4 is 10.2 Å². The van der Waals surface area contributed by atoms with Crippen LogP contribution in [0.5, 0.6) is 0 Å². The molecule has 4 aliphatic rings. The van der Waals surface area contributed by atoms with Gasteiger partial charge in [-0.25, -0.2) is 4.98 Å². The van der Waals surface area contributed by atoms with Crippen LogP contribution in [0.15, 0.2) is 48.8 Å². The molecule has 2 N–H and O–H groups in total. The Labute approximate surface area is 264 Å². The van der Waals surface area contributed by atoms with Gasteiger partial charge in [0.25, 0.3) is 5.91 Å². The zero-order valence-electron chi connectivity index (χ0n) is 25.9. The first-order chi connectivity index (χ1) is 21.9. The van der Waals surface area contributed by atoms with Gasteiger partial charge in [-0.05, 0) is 60.4 Å². The van der Waals surface area contributed by atoms with Crippen LogP contribution in [0, 0.1) is 0 Å². The first-order valence-electron chi connectivity index (χ1n) is 16.3. The van der Waals surface area contributed by atoms with Gasteiger partial charge in [0.1, 0.15) is 11.5 Å². The minimum absolute atomic E-state index is 0.0179. The Morgan fingerprint density at radius 3 is 2.42 bits per heavy atom. The number of nitrogens with one attached hydrogen (secondary N) is 1. The van der Waals surface area contributed by atoms with Crippen molar-refractivity contribution in [1.82, 2.24) is 29.7 Å². The maximum absolute atomic E-state index is 14.0. The molecular weight excluding hydrogens is 568 g/mol. The maximum Gasteiger partial charge on any atom is 0.272 e. The van der Waals surface area contributed by atoms with Crippen molar-refractivity contribution in [3.05, 3.63) is 76.7 Å². The van der Waals surface area contributed by atoms with Gasteiger partial charge in [-0.1, -0.05) is 24.3 Å². The molecule has 1 aromatic carbocycles. The number of benzene rings is 1. The molecule has 2 amide bonds. The number of hydrogen-bond donors (Lipinski definition) is 2. The first kappa shape index (κ1) is 29.6. The van der Waals surface area contributed by atoms with Crippen LogP contribution in [0.1, 0.15) is 58.9 Å². The smallest absolute Gasteiger partial charge is 0.272 e. The van der Waals surface area contributed by atoms with E-state index in [4.69, 9.17) is 9.97 Å². The number of pyridine rings is 1. The highest BCUT2D eigenvalue weighted by atomic mass is 16.3. The van der Waals surface area contributed by atoms with E-state index in [-0.39, 0.29) is 30.4 Å². The quantitative estimate of drug-likeness (QED) is 0.449. The number of carbonyl (C=O) groups excluding carboxylic acids is 2. The summed E-state index contributed by atoms with van der Waals surface area (Å²) >= 11 is 0. The van der Waals surface area contributed by atoms with Gasteiger partial charge < -0.3 is 25.1 Å². The summed E-state index contributed by atoms with van der Waals surface area (Å²) in [5.41, 5.74) is 5.46. The third-order valence-electron chi connectivity index (χ3n) is 9.99. The minimum Gasteiger partial charge on any atom is -0.390 e. The fourth-order valence-electron chi connectivity index (χ4n) is 7.35. The summed E-state index contributed by atoms with van der Waals surface area (Å²) in [7, 11) is 0. The number of carbonyl (C=O) groups is 2. The molecule has 2 atom stereocenters. The molecule has 2 fully saturated rings. The van der Waals surface area contributed by atoms with E-state index in [0.29, 0.717) is 50.1 Å². The summed E-state index contributed by atoms with van der Waals surface area (Å²) < 4.78 is 0. The molecule has 4 aliphatic heterocycles. The maximum atomic E-state index is 14.0. The fourth-order valence-corrected chi connectivity index (χ4v) is 7.35. The van der Waals surface area contributed by atoms with Crippen LogP contribution in [0.4, 0.5) is 11.8 Å². The molecule has 6 heterocycles. The van der Waals surface area contributed by atoms with Gasteiger partial charge in [-0.3, -0.25) is 19.5 Å². The van der Waals surface area contributed by atoms with Crippen LogP contribution in [0.2, 0.25) is 0 Å². The van der Waals surface area contributed by atoms with Crippen LogP contribution >= 0.6 is 0 Å². The molecule has 0 radical (unpaired) electrons. The molecule has 236 valence electrons. The molecular formula is C34H42N8O3. The highest BCUT2D eigenvalue weighted by molar-refractivity contribution is 5.93. The lowest BCUT2D eigenvalue weighted by atomic mass is 9.94. The van der Waals surface area contributed by atoms with Crippen molar-refractivity contribution in [2.45, 2.75) is 70.3 Å². The number of aliphatic hydroxyl groups excluding tert-OH is 1. The number of aromatic nitrogens is 3. The van der Waals surface area contributed by atoms with Gasteiger partial charge in [0.15, 0.2) is 0 Å². The van der Waals surface area contributed by atoms with Crippen LogP contribution in [-0.2, 0) is 30.7 Å². The van der Waals surface area contributed by atoms with Crippen molar-refractivity contribution in [3.63, 3.8) is 0 Å². The number of aliphatic hydroxyl groups is 1. The van der Waals surface area contributed by atoms with E-state index in [1.54, 1.807) is 24.1 Å². The summed E-state index contributed by atoms with van der Waals surface area (Å²) in [4.78, 5) is 47.9. The Hall–Kier alpha value is -4.09. The zero-order chi connectivity index (χ0) is 30.9. The van der Waals surface area contributed by atoms with Crippen LogP contribution in [-0.4, -0.2) is 104 Å². The van der Waals surface area contributed by atoms with Crippen molar-refractivity contribution in [1.29, 1.82) is 0 Å². The second-order valence-corrected chi connectivity index (χ2v) is 12.8. The van der Waals surface area contributed by atoms with Gasteiger partial charge in [0.2, 0.25) is 11.9 Å². The average molecular weight is 611 g/mol. The standard InChI is InChI=1S/C34H42N8O3/c1-23(43)39-15-9-28(10-16-39)36-32-18-29(37-34(38-32)42-14-8-25-19-35-12-6-27(25)21-42)33(45)41-17-11-30(31(44)22-41)40-13-7-24-4-2-3-5-26(24)20-40/h2-6,12,18-19,28,30-31,44H,7-11,13-17,20-22H2,1H3,(H,36,37,38)/t30-,31-/m1/s1. The van der Waals surface area contributed by atoms with Crippen molar-refractivity contribution < 1.29 is 14.7 Å². The normalized spacial score (nSPS) is 22.5. The first-order valence-corrected chi connectivity index (χ1v) is 16.3. The summed E-state index contributed by atoms with van der Waals surface area (Å²) in [6.07, 6.45) is 7.24. The fraction of sp³-hybridized carbons (Fsp3) is 0.500. The highest BCUT2D eigenvalue weighted by Gasteiger charge is 2.36. The molecule has 3 aromatic rings. The molecule has 0 saturated carbocycles. The topological polar surface area (TPSA) is 118 Å². The van der Waals surface area contributed by atoms with Crippen LogP contribution in [0.3, 0.4) is 0 Å². The molecule has 2 aromatic heterocycles. The summed E-state index contributed by atoms with van der Waals surface area (Å²) in [5, 5.41) is 14.8. The number of likely N-dealkylation sites (tertiary alicyclic amines) is 2. The third kappa shape index (κ3) is 6.37. The van der Waals surface area contributed by atoms with E-state index in [1.807, 2.05) is 17.2 Å². The molecule has 0 bridgehead atoms. The Kier molecular flexibility index (Phi) is 8.37. The SMILES string of the molecule is CC(=O)N1CCC(Nc2cc(C(=O)N3CC[C@@H](N4CCc5ccccc5C4)[C@H](O)C3)nc(N3CCc4cnccc4C3)n2)CC1. The molecule has 11 heteroatoms. The van der Waals surface area contributed by atoms with E-state index < -0.39 is 6.10 Å². The molecule has 11 nitrogen and oxygen atoms in total. The predicted octanol–water partition coefficient (Wildman–Crippen LogP) is 2.49. The summed E-state index contributed by atoms with van der Waals surface area (Å²) in [6.45, 7) is 6.97. The second-order valence-electron chi connectivity index (χ2n) is 12.8. The largest absolute Gasteiger partial charge is 0.390 e. The number of anilines is 2. The van der Waals surface area contributed by atoms with E-state index in [0.717, 1.165) is 45.3 Å². The third-order valence-corrected chi connectivity index (χ3v) is 9.99. The van der Waals surface area contributed by atoms with Crippen LogP contribution in [0.25, 0.3) is 0 Å². The predicted molar refractivity (Wildman–Crippen MR) is 171 cm³/mol. The molecule has 0 spiro atoms. The van der Waals surface area contributed by atoms with Gasteiger partial charge >= 0.3 is 0 Å². The zero-order valence-corrected chi connectivity index (χ0v) is 25.9. The van der Waals surface area contributed by atoms with E-state index >= 15 is 0 Å². The van der Waals surface area contributed by atoms with E-state index in [2.05, 4.69) is 44.4 Å². The number of rotatable bonds is 5. The Morgan fingerprint density at radius 1 is 0.867 bits per heavy atom. The second kappa shape index (κ2) is 12.7. The van der Waals surface area contributed by atoms with Crippen molar-refractivity contribution >= 4 is 23.6 Å². The van der Waals surface area contributed by atoms with Crippen molar-refractivity contribution in [2.75, 3.05) is 49.5 Å². The summed E-state index contributed by atoms with van der Waals surface area (Å²) in [6, 6.07) is 12.5. The Balaban J connectivity index is 1.08.